The first-order valence-electron chi connectivity index (χ1n) is 45.0. The van der Waals surface area contributed by atoms with E-state index in [1.807, 2.05) is 12.1 Å². The van der Waals surface area contributed by atoms with Crippen molar-refractivity contribution in [3.63, 3.8) is 0 Å². The molecular formula is C100H114N10O23S. The van der Waals surface area contributed by atoms with E-state index in [1.165, 1.54) is 72.0 Å². The van der Waals surface area contributed by atoms with E-state index in [2.05, 4.69) is 26.6 Å². The van der Waals surface area contributed by atoms with Crippen LogP contribution in [0, 0.1) is 18.8 Å². The third-order valence-corrected chi connectivity index (χ3v) is 25.1. The summed E-state index contributed by atoms with van der Waals surface area (Å²) in [5.41, 5.74) is 6.90. The lowest BCUT2D eigenvalue weighted by atomic mass is 9.88. The molecule has 7 aromatic rings. The number of carbonyl (C=O) groups is 13. The molecule has 34 heteroatoms. The first kappa shape index (κ1) is 98.5. The number of methoxy groups -OCH3 is 2. The van der Waals surface area contributed by atoms with Gasteiger partial charge in [0.25, 0.3) is 11.8 Å². The molecule has 0 aromatic heterocycles. The van der Waals surface area contributed by atoms with Crippen LogP contribution >= 0.6 is 11.8 Å². The topological polar surface area (TPSA) is 413 Å². The summed E-state index contributed by atoms with van der Waals surface area (Å²) in [6.07, 6.45) is 2.20. The minimum Gasteiger partial charge on any atom is -0.497 e. The lowest BCUT2D eigenvalue weighted by Crippen LogP contribution is -2.50. The SMILES string of the molecule is COc1ccc(C2=C[C@H]3C(O)N4C(=O)OCc5ccc(cc5)CC(=O)CNCCOCCCC(=O)CCC(=O)NCCOCCNCC(=O)Cc5ccc(cc5)COC(=O)N5c6cc(c(OC)cc6C(=O)N6CC(c7ccc(NC(=O)[C@H](C)NC(=O)[C@@H](CC(=O)c8ccc(N9C(=O)CC(SC)C9=O)cc8)C(C)C)cc7)=C[C@H]6C5O)OCCCCCOc5cc4c(cc5C)C(=O)N3C2)cc1. The van der Waals surface area contributed by atoms with Gasteiger partial charge in [-0.2, -0.15) is 11.8 Å². The Morgan fingerprint density at radius 2 is 1.07 bits per heavy atom. The summed E-state index contributed by atoms with van der Waals surface area (Å²) in [5, 5.41) is 39.2. The van der Waals surface area contributed by atoms with Gasteiger partial charge in [-0.1, -0.05) is 98.8 Å². The largest absolute Gasteiger partial charge is 0.497 e. The minimum atomic E-state index is -1.77. The van der Waals surface area contributed by atoms with Crippen LogP contribution in [0.25, 0.3) is 11.1 Å². The maximum Gasteiger partial charge on any atom is 0.416 e. The Morgan fingerprint density at radius 1 is 0.545 bits per heavy atom. The molecule has 9 aliphatic heterocycles. The molecule has 7 aromatic carbocycles. The maximum atomic E-state index is 15.2. The number of fused-ring (bicyclic) bond motifs is 2. The van der Waals surface area contributed by atoms with E-state index in [-0.39, 0.29) is 204 Å². The number of hydrogen-bond donors (Lipinski definition) is 7. The number of benzene rings is 7. The van der Waals surface area contributed by atoms with Gasteiger partial charge in [0.1, 0.15) is 36.5 Å². The van der Waals surface area contributed by atoms with Gasteiger partial charge in [-0.3, -0.25) is 52.7 Å². The fourth-order valence-electron chi connectivity index (χ4n) is 16.6. The number of nitrogens with one attached hydrogen (secondary N) is 5. The van der Waals surface area contributed by atoms with Crippen molar-refractivity contribution in [1.82, 2.24) is 31.1 Å². The number of nitrogens with zero attached hydrogens (tertiary/aromatic N) is 5. The van der Waals surface area contributed by atoms with Crippen LogP contribution in [-0.2, 0) is 83.4 Å². The Labute approximate surface area is 781 Å². The van der Waals surface area contributed by atoms with E-state index in [1.54, 1.807) is 143 Å². The van der Waals surface area contributed by atoms with Crippen molar-refractivity contribution >= 4 is 122 Å². The molecule has 9 amide bonds. The second-order valence-corrected chi connectivity index (χ2v) is 35.0. The van der Waals surface area contributed by atoms with Gasteiger partial charge in [-0.25, -0.2) is 24.3 Å². The molecule has 3 unspecified atom stereocenters. The van der Waals surface area contributed by atoms with Gasteiger partial charge in [0.15, 0.2) is 41.3 Å². The third-order valence-electron chi connectivity index (χ3n) is 24.2. The average Bonchev–Trinajstić information content (AvgIpc) is 1.59. The van der Waals surface area contributed by atoms with E-state index in [9.17, 15) is 67.7 Å². The van der Waals surface area contributed by atoms with Crippen LogP contribution in [0.5, 0.6) is 23.0 Å². The lowest BCUT2D eigenvalue weighted by molar-refractivity contribution is -0.130. The number of Topliss-reactive ketones (excluding diaryl/α,β-unsaturated/α-hetero) is 4. The lowest BCUT2D eigenvalue weighted by Gasteiger charge is -2.31. The molecule has 0 saturated carbocycles. The molecule has 33 nitrogen and oxygen atoms in total. The first-order valence-corrected chi connectivity index (χ1v) is 46.3. The van der Waals surface area contributed by atoms with Crippen LogP contribution in [-0.4, -0.2) is 238 Å². The predicted octanol–water partition coefficient (Wildman–Crippen LogP) is 10.1. The molecule has 1 fully saturated rings. The highest BCUT2D eigenvalue weighted by Crippen LogP contribution is 2.45. The van der Waals surface area contributed by atoms with Crippen LogP contribution in [0.15, 0.2) is 158 Å². The Kier molecular flexibility index (Phi) is 34.3. The van der Waals surface area contributed by atoms with Crippen molar-refractivity contribution in [1.29, 1.82) is 0 Å². The number of thioether (sulfide) groups is 1. The quantitative estimate of drug-likeness (QED) is 0.0393. The Balaban J connectivity index is 0.686. The molecule has 8 bridgehead atoms. The second kappa shape index (κ2) is 46.6. The Morgan fingerprint density at radius 3 is 1.60 bits per heavy atom. The van der Waals surface area contributed by atoms with Crippen LogP contribution < -0.4 is 60.2 Å². The Hall–Kier alpha value is -13.0. The molecule has 9 heterocycles. The van der Waals surface area contributed by atoms with Gasteiger partial charge in [-0.05, 0) is 162 Å². The van der Waals surface area contributed by atoms with Gasteiger partial charge in [-0.15, -0.1) is 0 Å². The van der Waals surface area contributed by atoms with Crippen molar-refractivity contribution in [3.8, 4) is 23.0 Å². The number of ketones is 4. The van der Waals surface area contributed by atoms with Crippen LogP contribution in [0.1, 0.15) is 149 Å². The number of anilines is 4. The standard InChI is InChI=1S/C100H114N10O23S/c1-60(2)78(49-85(114)69-23-29-73(30-24-69)108-91(116)53-89(134-7)98(108)123)93(118)104-62(4)92(117)105-72-27-21-67(22-28-72)70-47-84-97(122)110-82-52-88(87(127-6)50-80(82)95(120)107(84)56-70)131-40-10-8-9-39-130-86-51-81-79(44-61(86)3)94(119)106-57-71(68-25-32-77(126-5)33-26-68)48-83(106)96(121)109(81)99(124)132-58-65-17-13-63(14-18-65)45-75(112)54-101-35-41-128-38-11-12-74(111)31-34-90(115)103-37-43-129-42-36-102-55-76(113)46-64-15-19-66(20-16-64)59-133-100(110)125/h13-30,32-33,44,47-48,50-52,60,62,78,83-84,89,96-97,101-102,121-122H,8-12,31,34-43,45-46,49,53-59H2,1-7H3,(H,103,115)(H,104,118)(H,105,117)/t62-,78-,83-,84-,89?,96?,97?/m0/s1. The highest BCUT2D eigenvalue weighted by atomic mass is 32.2. The summed E-state index contributed by atoms with van der Waals surface area (Å²) in [7, 11) is 2.96. The van der Waals surface area contributed by atoms with Gasteiger partial charge in [0, 0.05) is 114 Å². The number of ether oxygens (including phenoxy) is 8. The van der Waals surface area contributed by atoms with Crippen molar-refractivity contribution in [3.05, 3.63) is 213 Å². The second-order valence-electron chi connectivity index (χ2n) is 34.0. The molecule has 0 aliphatic carbocycles. The molecule has 7 N–H and O–H groups in total. The highest BCUT2D eigenvalue weighted by molar-refractivity contribution is 8.00. The van der Waals surface area contributed by atoms with E-state index < -0.39 is 77.6 Å². The monoisotopic (exact) mass is 1850 g/mol. The van der Waals surface area contributed by atoms with Crippen LogP contribution in [0.3, 0.4) is 0 Å². The summed E-state index contributed by atoms with van der Waals surface area (Å²) in [6, 6.07) is 36.8. The zero-order valence-corrected chi connectivity index (χ0v) is 76.9. The van der Waals surface area contributed by atoms with Crippen LogP contribution in [0.2, 0.25) is 0 Å². The summed E-state index contributed by atoms with van der Waals surface area (Å²) in [4.78, 5) is 184. The van der Waals surface area contributed by atoms with Crippen molar-refractivity contribution in [2.75, 3.05) is 126 Å². The number of rotatable bonds is 14. The van der Waals surface area contributed by atoms with Crippen molar-refractivity contribution in [2.45, 2.75) is 147 Å². The van der Waals surface area contributed by atoms with Gasteiger partial charge >= 0.3 is 12.2 Å². The number of amides is 9. The molecule has 0 radical (unpaired) electrons. The van der Waals surface area contributed by atoms with Crippen LogP contribution in [0.4, 0.5) is 32.3 Å². The number of aliphatic hydroxyl groups is 2. The molecule has 708 valence electrons. The molecule has 9 aliphatic rings. The summed E-state index contributed by atoms with van der Waals surface area (Å²) in [5.74, 6) is -3.56. The molecule has 16 rings (SSSR count). The zero-order chi connectivity index (χ0) is 95.2. The van der Waals surface area contributed by atoms with E-state index in [4.69, 9.17) is 37.9 Å². The summed E-state index contributed by atoms with van der Waals surface area (Å²) < 4.78 is 47.4. The van der Waals surface area contributed by atoms with Crippen molar-refractivity contribution in [2.24, 2.45) is 11.8 Å². The van der Waals surface area contributed by atoms with E-state index in [0.29, 0.717) is 108 Å². The molecule has 0 spiro atoms. The molecule has 1 saturated heterocycles. The summed E-state index contributed by atoms with van der Waals surface area (Å²) in [6.45, 7) is 8.91. The highest BCUT2D eigenvalue weighted by Gasteiger charge is 2.48. The first-order chi connectivity index (χ1) is 64.6. The molecule has 134 heavy (non-hydrogen) atoms. The number of aryl methyl sites for hydroxylation is 1. The molecule has 7 atom stereocenters. The maximum absolute atomic E-state index is 15.2. The van der Waals surface area contributed by atoms with E-state index >= 15 is 4.79 Å². The van der Waals surface area contributed by atoms with Gasteiger partial charge < -0.3 is 84.5 Å². The zero-order valence-electron chi connectivity index (χ0n) is 76.1. The fourth-order valence-corrected chi connectivity index (χ4v) is 17.2. The number of hydrogen-bond acceptors (Lipinski definition) is 26. The van der Waals surface area contributed by atoms with Crippen molar-refractivity contribution < 1.29 is 110 Å². The normalized spacial score (nSPS) is 20.7. The summed E-state index contributed by atoms with van der Waals surface area (Å²) >= 11 is 1.29. The van der Waals surface area contributed by atoms with E-state index in [0.717, 1.165) is 31.4 Å². The predicted molar refractivity (Wildman–Crippen MR) is 500 cm³/mol. The minimum absolute atomic E-state index is 0.0270. The van der Waals surface area contributed by atoms with Gasteiger partial charge in [0.05, 0.1) is 106 Å². The average molecular weight is 1860 g/mol. The Bertz CT molecular complexity index is 5540. The van der Waals surface area contributed by atoms with Gasteiger partial charge in [0.2, 0.25) is 29.5 Å². The number of aliphatic hydroxyl groups excluding tert-OH is 2. The fraction of sp³-hybridized carbons (Fsp3) is 0.410. The number of carbonyl (C=O) groups excluding carboxylic acids is 13. The molecular weight excluding hydrogens is 1740 g/mol. The third kappa shape index (κ3) is 24.9. The smallest absolute Gasteiger partial charge is 0.416 e. The number of imide groups is 1.